The molecule has 2 rings (SSSR count). The molecule has 1 aromatic heterocycles. The minimum absolute atomic E-state index is 0.0196. The summed E-state index contributed by atoms with van der Waals surface area (Å²) in [6.07, 6.45) is 0. The minimum Gasteiger partial charge on any atom is -0.258 e. The Kier molecular flexibility index (Phi) is 3.36. The molecule has 1 aromatic carbocycles. The average Bonchev–Trinajstić information content (AvgIpc) is 2.65. The lowest BCUT2D eigenvalue weighted by atomic mass is 10.1. The van der Waals surface area contributed by atoms with Gasteiger partial charge in [0.05, 0.1) is 20.8 Å². The molecule has 0 saturated heterocycles. The van der Waals surface area contributed by atoms with Crippen LogP contribution in [0.15, 0.2) is 22.7 Å². The van der Waals surface area contributed by atoms with Gasteiger partial charge in [-0.3, -0.25) is 10.1 Å². The van der Waals surface area contributed by atoms with Crippen molar-refractivity contribution in [2.45, 2.75) is 13.8 Å². The third-order valence-electron chi connectivity index (χ3n) is 2.75. The molecule has 0 radical (unpaired) electrons. The molecule has 0 unspecified atom stereocenters. The van der Waals surface area contributed by atoms with E-state index >= 15 is 0 Å². The number of rotatable bonds is 2. The number of nitro benzene ring substituents is 1. The molecule has 0 atom stereocenters. The summed E-state index contributed by atoms with van der Waals surface area (Å²) in [5.41, 5.74) is 1.55. The Morgan fingerprint density at radius 1 is 1.47 bits per heavy atom. The van der Waals surface area contributed by atoms with E-state index < -0.39 is 4.92 Å². The monoisotopic (exact) mass is 320 g/mol. The molecule has 0 aliphatic rings. The Morgan fingerprint density at radius 2 is 2.16 bits per heavy atom. The van der Waals surface area contributed by atoms with Crippen LogP contribution in [-0.2, 0) is 0 Å². The molecule has 0 saturated carbocycles. The molecular weight excluding hydrogens is 312 g/mol. The van der Waals surface area contributed by atoms with Crippen molar-refractivity contribution in [2.24, 2.45) is 0 Å². The molecule has 0 fully saturated rings. The number of aromatic nitrogens is 2. The SMILES string of the molecule is Cc1nn(-c2cccc(C#N)c2[N+](=O)[O-])c(C)c1Br. The summed E-state index contributed by atoms with van der Waals surface area (Å²) in [4.78, 5) is 10.6. The van der Waals surface area contributed by atoms with E-state index in [0.29, 0.717) is 0 Å². The first kappa shape index (κ1) is 13.2. The van der Waals surface area contributed by atoms with Crippen LogP contribution < -0.4 is 0 Å². The van der Waals surface area contributed by atoms with E-state index in [1.165, 1.54) is 10.7 Å². The van der Waals surface area contributed by atoms with Crippen molar-refractivity contribution in [3.05, 3.63) is 49.7 Å². The summed E-state index contributed by atoms with van der Waals surface area (Å²) < 4.78 is 2.27. The zero-order chi connectivity index (χ0) is 14.2. The van der Waals surface area contributed by atoms with Crippen LogP contribution in [0, 0.1) is 35.3 Å². The number of benzene rings is 1. The maximum absolute atomic E-state index is 11.2. The predicted octanol–water partition coefficient (Wildman–Crippen LogP) is 3.03. The number of nitrogens with zero attached hydrogens (tertiary/aromatic N) is 4. The number of hydrogen-bond acceptors (Lipinski definition) is 4. The van der Waals surface area contributed by atoms with Gasteiger partial charge in [0, 0.05) is 0 Å². The van der Waals surface area contributed by atoms with Crippen molar-refractivity contribution in [2.75, 3.05) is 0 Å². The van der Waals surface area contributed by atoms with Gasteiger partial charge in [-0.1, -0.05) is 6.07 Å². The summed E-state index contributed by atoms with van der Waals surface area (Å²) in [5.74, 6) is 0. The Bertz CT molecular complexity index is 715. The van der Waals surface area contributed by atoms with Crippen LogP contribution in [0.3, 0.4) is 0 Å². The fraction of sp³-hybridized carbons (Fsp3) is 0.167. The van der Waals surface area contributed by atoms with Crippen molar-refractivity contribution in [1.82, 2.24) is 9.78 Å². The maximum Gasteiger partial charge on any atom is 0.312 e. The molecule has 0 N–H and O–H groups in total. The van der Waals surface area contributed by atoms with Crippen LogP contribution >= 0.6 is 15.9 Å². The van der Waals surface area contributed by atoms with Crippen LogP contribution in [0.5, 0.6) is 0 Å². The topological polar surface area (TPSA) is 84.8 Å². The number of nitriles is 1. The highest BCUT2D eigenvalue weighted by atomic mass is 79.9. The second-order valence-electron chi connectivity index (χ2n) is 3.94. The molecule has 7 heteroatoms. The first-order valence-corrected chi connectivity index (χ1v) is 6.16. The van der Waals surface area contributed by atoms with E-state index in [-0.39, 0.29) is 16.9 Å². The van der Waals surface area contributed by atoms with Gasteiger partial charge in [0.1, 0.15) is 17.3 Å². The lowest BCUT2D eigenvalue weighted by Crippen LogP contribution is -2.05. The molecule has 2 aromatic rings. The quantitative estimate of drug-likeness (QED) is 0.628. The van der Waals surface area contributed by atoms with E-state index in [9.17, 15) is 10.1 Å². The van der Waals surface area contributed by atoms with Gasteiger partial charge >= 0.3 is 5.69 Å². The van der Waals surface area contributed by atoms with Crippen molar-refractivity contribution in [1.29, 1.82) is 5.26 Å². The first-order chi connectivity index (χ1) is 8.97. The number of aryl methyl sites for hydroxylation is 1. The van der Waals surface area contributed by atoms with Gasteiger partial charge in [0.2, 0.25) is 0 Å². The van der Waals surface area contributed by atoms with Crippen LogP contribution in [-0.4, -0.2) is 14.7 Å². The van der Waals surface area contributed by atoms with Crippen molar-refractivity contribution in [3.8, 4) is 11.8 Å². The molecule has 0 amide bonds. The van der Waals surface area contributed by atoms with E-state index in [1.54, 1.807) is 26.0 Å². The molecular formula is C12H9BrN4O2. The molecule has 96 valence electrons. The first-order valence-electron chi connectivity index (χ1n) is 5.37. The Morgan fingerprint density at radius 3 is 2.63 bits per heavy atom. The fourth-order valence-electron chi connectivity index (χ4n) is 1.84. The highest BCUT2D eigenvalue weighted by Gasteiger charge is 2.23. The van der Waals surface area contributed by atoms with E-state index in [1.807, 2.05) is 6.07 Å². The standard InChI is InChI=1S/C12H9BrN4O2/c1-7-11(13)8(2)16(15-7)10-5-3-4-9(6-14)12(10)17(18)19/h3-5H,1-2H3. The number of halogens is 1. The summed E-state index contributed by atoms with van der Waals surface area (Å²) in [6, 6.07) is 6.43. The molecule has 1 heterocycles. The highest BCUT2D eigenvalue weighted by Crippen LogP contribution is 2.30. The highest BCUT2D eigenvalue weighted by molar-refractivity contribution is 9.10. The molecule has 19 heavy (non-hydrogen) atoms. The normalized spacial score (nSPS) is 10.2. The number of nitro groups is 1. The Balaban J connectivity index is 2.80. The van der Waals surface area contributed by atoms with E-state index in [2.05, 4.69) is 21.0 Å². The van der Waals surface area contributed by atoms with Crippen LogP contribution in [0.1, 0.15) is 17.0 Å². The number of para-hydroxylation sites is 1. The molecule has 0 spiro atoms. The molecule has 0 bridgehead atoms. The Labute approximate surface area is 117 Å². The van der Waals surface area contributed by atoms with Crippen LogP contribution in [0.25, 0.3) is 5.69 Å². The van der Waals surface area contributed by atoms with Crippen molar-refractivity contribution in [3.63, 3.8) is 0 Å². The van der Waals surface area contributed by atoms with Crippen LogP contribution in [0.4, 0.5) is 5.69 Å². The summed E-state index contributed by atoms with van der Waals surface area (Å²) in [7, 11) is 0. The smallest absolute Gasteiger partial charge is 0.258 e. The second kappa shape index (κ2) is 4.82. The predicted molar refractivity (Wildman–Crippen MR) is 72.1 cm³/mol. The summed E-state index contributed by atoms with van der Waals surface area (Å²) >= 11 is 3.38. The van der Waals surface area contributed by atoms with Gasteiger partial charge < -0.3 is 0 Å². The van der Waals surface area contributed by atoms with Crippen molar-refractivity contribution >= 4 is 21.6 Å². The lowest BCUT2D eigenvalue weighted by molar-refractivity contribution is -0.384. The zero-order valence-electron chi connectivity index (χ0n) is 10.2. The van der Waals surface area contributed by atoms with Crippen molar-refractivity contribution < 1.29 is 4.92 Å². The second-order valence-corrected chi connectivity index (χ2v) is 4.73. The zero-order valence-corrected chi connectivity index (χ0v) is 11.8. The summed E-state index contributed by atoms with van der Waals surface area (Å²) in [5, 5.41) is 24.4. The fourth-order valence-corrected chi connectivity index (χ4v) is 2.09. The van der Waals surface area contributed by atoms with Gasteiger partial charge in [0.25, 0.3) is 0 Å². The van der Waals surface area contributed by atoms with Gasteiger partial charge in [-0.2, -0.15) is 10.4 Å². The van der Waals surface area contributed by atoms with Gasteiger partial charge in [0.15, 0.2) is 0 Å². The van der Waals surface area contributed by atoms with Gasteiger partial charge in [-0.15, -0.1) is 0 Å². The number of hydrogen-bond donors (Lipinski definition) is 0. The maximum atomic E-state index is 11.2. The van der Waals surface area contributed by atoms with Gasteiger partial charge in [-0.05, 0) is 41.9 Å². The average molecular weight is 321 g/mol. The van der Waals surface area contributed by atoms with Gasteiger partial charge in [-0.25, -0.2) is 4.68 Å². The van der Waals surface area contributed by atoms with E-state index in [0.717, 1.165) is 15.9 Å². The largest absolute Gasteiger partial charge is 0.312 e. The molecule has 6 nitrogen and oxygen atoms in total. The van der Waals surface area contributed by atoms with Crippen LogP contribution in [0.2, 0.25) is 0 Å². The Hall–Kier alpha value is -2.20. The molecule has 0 aliphatic carbocycles. The third kappa shape index (κ3) is 2.11. The minimum atomic E-state index is -0.557. The summed E-state index contributed by atoms with van der Waals surface area (Å²) in [6.45, 7) is 3.60. The van der Waals surface area contributed by atoms with E-state index in [4.69, 9.17) is 5.26 Å². The third-order valence-corrected chi connectivity index (χ3v) is 3.90. The molecule has 0 aliphatic heterocycles. The lowest BCUT2D eigenvalue weighted by Gasteiger charge is -2.06.